The Morgan fingerprint density at radius 1 is 1.20 bits per heavy atom. The van der Waals surface area contributed by atoms with Gasteiger partial charge in [-0.05, 0) is 19.1 Å². The topological polar surface area (TPSA) is 152 Å². The molecule has 152 valence electrons. The molecule has 0 atom stereocenters. The minimum absolute atomic E-state index is 0.0182. The molecule has 0 spiro atoms. The number of Topliss-reactive ketones (excluding diaryl/α,β-unsaturated/α-hetero) is 1. The second kappa shape index (κ2) is 6.95. The van der Waals surface area contributed by atoms with E-state index in [1.807, 2.05) is 0 Å². The summed E-state index contributed by atoms with van der Waals surface area (Å²) in [5.74, 6) is -1.02. The quantitative estimate of drug-likeness (QED) is 0.383. The minimum atomic E-state index is -0.682. The lowest BCUT2D eigenvalue weighted by atomic mass is 9.99. The first kappa shape index (κ1) is 19.1. The molecule has 0 fully saturated rings. The Bertz CT molecular complexity index is 1330. The predicted octanol–water partition coefficient (Wildman–Crippen LogP) is 2.87. The van der Waals surface area contributed by atoms with Crippen LogP contribution in [0.15, 0.2) is 35.2 Å². The van der Waals surface area contributed by atoms with E-state index in [1.54, 1.807) is 0 Å². The normalized spacial score (nSPS) is 11.0. The van der Waals surface area contributed by atoms with Gasteiger partial charge in [-0.2, -0.15) is 9.78 Å². The maximum absolute atomic E-state index is 14.7. The number of hydrogen-bond acceptors (Lipinski definition) is 9. The van der Waals surface area contributed by atoms with Crippen LogP contribution in [0.2, 0.25) is 0 Å². The largest absolute Gasteiger partial charge is 0.451 e. The van der Waals surface area contributed by atoms with Gasteiger partial charge in [0, 0.05) is 40.3 Å². The average molecular weight is 410 g/mol. The molecule has 0 aliphatic heterocycles. The van der Waals surface area contributed by atoms with E-state index in [0.717, 1.165) is 10.7 Å². The van der Waals surface area contributed by atoms with Gasteiger partial charge in [0.2, 0.25) is 0 Å². The van der Waals surface area contributed by atoms with Crippen molar-refractivity contribution in [3.63, 3.8) is 0 Å². The lowest BCUT2D eigenvalue weighted by Crippen LogP contribution is -2.11. The number of rotatable bonds is 3. The number of nitrogens with zero attached hydrogens (tertiary/aromatic N) is 4. The number of methoxy groups -OCH3 is 1. The van der Waals surface area contributed by atoms with Crippen molar-refractivity contribution in [2.75, 3.05) is 18.6 Å². The standard InChI is InChI=1S/C19H15FN6O4/c1-8(27)10-3-11(13(20)4-14(10)21)16-15-17(30-25-18(15)22)12(6-23-16)9-5-24-26(7-9)19(28)29-2/h3-7H,21H2,1-2H3,(H2,22,25). The fourth-order valence-corrected chi connectivity index (χ4v) is 3.11. The molecule has 0 unspecified atom stereocenters. The van der Waals surface area contributed by atoms with Gasteiger partial charge in [0.15, 0.2) is 17.2 Å². The number of benzene rings is 1. The lowest BCUT2D eigenvalue weighted by molar-refractivity contribution is 0.101. The summed E-state index contributed by atoms with van der Waals surface area (Å²) in [6.45, 7) is 1.33. The van der Waals surface area contributed by atoms with Crippen LogP contribution in [0.5, 0.6) is 0 Å². The number of aromatic nitrogens is 4. The zero-order valence-corrected chi connectivity index (χ0v) is 15.8. The fraction of sp³-hybridized carbons (Fsp3) is 0.105. The van der Waals surface area contributed by atoms with Crippen LogP contribution < -0.4 is 11.5 Å². The van der Waals surface area contributed by atoms with Crippen molar-refractivity contribution in [1.82, 2.24) is 19.9 Å². The maximum atomic E-state index is 14.7. The number of halogens is 1. The first-order valence-corrected chi connectivity index (χ1v) is 8.59. The van der Waals surface area contributed by atoms with Gasteiger partial charge in [0.25, 0.3) is 0 Å². The van der Waals surface area contributed by atoms with Crippen molar-refractivity contribution in [1.29, 1.82) is 0 Å². The van der Waals surface area contributed by atoms with Gasteiger partial charge >= 0.3 is 6.09 Å². The van der Waals surface area contributed by atoms with E-state index in [0.29, 0.717) is 11.1 Å². The molecule has 0 saturated heterocycles. The van der Waals surface area contributed by atoms with Crippen LogP contribution >= 0.6 is 0 Å². The van der Waals surface area contributed by atoms with Gasteiger partial charge < -0.3 is 20.7 Å². The van der Waals surface area contributed by atoms with Gasteiger partial charge in [-0.3, -0.25) is 9.78 Å². The second-order valence-corrected chi connectivity index (χ2v) is 6.41. The SMILES string of the molecule is COC(=O)n1cc(-c2cnc(-c3cc(C(C)=O)c(N)cc3F)c3c(N)noc23)cn1. The highest BCUT2D eigenvalue weighted by atomic mass is 19.1. The molecule has 3 heterocycles. The number of fused-ring (bicyclic) bond motifs is 1. The van der Waals surface area contributed by atoms with Crippen LogP contribution in [0.3, 0.4) is 0 Å². The van der Waals surface area contributed by atoms with Crippen molar-refractivity contribution in [3.05, 3.63) is 42.1 Å². The smallest absolute Gasteiger partial charge is 0.434 e. The molecule has 11 heteroatoms. The highest BCUT2D eigenvalue weighted by Crippen LogP contribution is 2.38. The van der Waals surface area contributed by atoms with Gasteiger partial charge in [-0.1, -0.05) is 5.16 Å². The summed E-state index contributed by atoms with van der Waals surface area (Å²) in [5, 5.41) is 7.93. The highest BCUT2D eigenvalue weighted by molar-refractivity contribution is 6.06. The van der Waals surface area contributed by atoms with Gasteiger partial charge in [0.05, 0.1) is 24.4 Å². The van der Waals surface area contributed by atoms with E-state index >= 15 is 0 Å². The maximum Gasteiger partial charge on any atom is 0.434 e. The summed E-state index contributed by atoms with van der Waals surface area (Å²) in [6, 6.07) is 2.37. The first-order chi connectivity index (χ1) is 14.3. The number of nitrogens with two attached hydrogens (primary N) is 2. The monoisotopic (exact) mass is 410 g/mol. The van der Waals surface area contributed by atoms with Crippen LogP contribution in [0, 0.1) is 5.82 Å². The van der Waals surface area contributed by atoms with E-state index < -0.39 is 11.9 Å². The number of nitrogen functional groups attached to an aromatic ring is 2. The number of ether oxygens (including phenoxy) is 1. The number of carbonyl (C=O) groups is 2. The van der Waals surface area contributed by atoms with Crippen molar-refractivity contribution in [2.45, 2.75) is 6.92 Å². The molecule has 0 amide bonds. The van der Waals surface area contributed by atoms with Crippen LogP contribution in [0.25, 0.3) is 33.4 Å². The van der Waals surface area contributed by atoms with E-state index in [-0.39, 0.29) is 45.1 Å². The summed E-state index contributed by atoms with van der Waals surface area (Å²) in [4.78, 5) is 27.8. The Kier molecular flexibility index (Phi) is 4.42. The van der Waals surface area contributed by atoms with Gasteiger partial charge in [-0.25, -0.2) is 9.18 Å². The van der Waals surface area contributed by atoms with Crippen LogP contribution in [-0.2, 0) is 4.74 Å². The van der Waals surface area contributed by atoms with E-state index in [2.05, 4.69) is 20.0 Å². The third-order valence-corrected chi connectivity index (χ3v) is 4.55. The summed E-state index contributed by atoms with van der Waals surface area (Å²) >= 11 is 0. The molecule has 4 rings (SSSR count). The van der Waals surface area contributed by atoms with Crippen LogP contribution in [0.1, 0.15) is 17.3 Å². The zero-order chi connectivity index (χ0) is 21.6. The zero-order valence-electron chi connectivity index (χ0n) is 15.8. The molecule has 30 heavy (non-hydrogen) atoms. The molecule has 0 radical (unpaired) electrons. The first-order valence-electron chi connectivity index (χ1n) is 8.59. The summed E-state index contributed by atoms with van der Waals surface area (Å²) in [6.07, 6.45) is 3.55. The Hall–Kier alpha value is -4.28. The molecule has 3 aromatic heterocycles. The molecule has 1 aromatic carbocycles. The average Bonchev–Trinajstić information content (AvgIpc) is 3.35. The molecule has 10 nitrogen and oxygen atoms in total. The third-order valence-electron chi connectivity index (χ3n) is 4.55. The number of hydrogen-bond donors (Lipinski definition) is 2. The molecular weight excluding hydrogens is 395 g/mol. The van der Waals surface area contributed by atoms with E-state index in [4.69, 9.17) is 16.0 Å². The van der Waals surface area contributed by atoms with Crippen molar-refractivity contribution in [3.8, 4) is 22.4 Å². The van der Waals surface area contributed by atoms with Crippen molar-refractivity contribution in [2.24, 2.45) is 0 Å². The number of ketones is 1. The molecule has 0 bridgehead atoms. The number of carbonyl (C=O) groups excluding carboxylic acids is 2. The Morgan fingerprint density at radius 3 is 2.67 bits per heavy atom. The molecular formula is C19H15FN6O4. The summed E-state index contributed by atoms with van der Waals surface area (Å²) in [7, 11) is 1.23. The number of pyridine rings is 1. The Morgan fingerprint density at radius 2 is 1.97 bits per heavy atom. The highest BCUT2D eigenvalue weighted by Gasteiger charge is 2.23. The fourth-order valence-electron chi connectivity index (χ4n) is 3.11. The molecule has 0 aliphatic rings. The summed E-state index contributed by atoms with van der Waals surface area (Å²) in [5.41, 5.74) is 13.1. The second-order valence-electron chi connectivity index (χ2n) is 6.41. The van der Waals surface area contributed by atoms with Gasteiger partial charge in [-0.15, -0.1) is 0 Å². The summed E-state index contributed by atoms with van der Waals surface area (Å²) < 4.78 is 25.7. The third kappa shape index (κ3) is 2.92. The van der Waals surface area contributed by atoms with Crippen LogP contribution in [0.4, 0.5) is 20.7 Å². The predicted molar refractivity (Wildman–Crippen MR) is 105 cm³/mol. The van der Waals surface area contributed by atoms with Crippen LogP contribution in [-0.4, -0.2) is 38.9 Å². The number of anilines is 2. The Balaban J connectivity index is 1.94. The van der Waals surface area contributed by atoms with E-state index in [9.17, 15) is 14.0 Å². The molecule has 4 N–H and O–H groups in total. The van der Waals surface area contributed by atoms with Crippen molar-refractivity contribution >= 4 is 34.4 Å². The van der Waals surface area contributed by atoms with E-state index in [1.165, 1.54) is 38.7 Å². The molecule has 4 aromatic rings. The molecule has 0 saturated carbocycles. The van der Waals surface area contributed by atoms with Gasteiger partial charge in [0.1, 0.15) is 5.82 Å². The Labute approximate surface area is 168 Å². The lowest BCUT2D eigenvalue weighted by Gasteiger charge is -2.10. The molecule has 0 aliphatic carbocycles. The minimum Gasteiger partial charge on any atom is -0.451 e. The van der Waals surface area contributed by atoms with Crippen molar-refractivity contribution < 1.29 is 23.2 Å².